The van der Waals surface area contributed by atoms with Gasteiger partial charge >= 0.3 is 5.97 Å². The summed E-state index contributed by atoms with van der Waals surface area (Å²) in [7, 11) is 0. The van der Waals surface area contributed by atoms with Gasteiger partial charge in [0, 0.05) is 24.7 Å². The predicted molar refractivity (Wildman–Crippen MR) is 135 cm³/mol. The summed E-state index contributed by atoms with van der Waals surface area (Å²) in [5.41, 5.74) is -0.630. The zero-order chi connectivity index (χ0) is 26.9. The molecule has 0 spiro atoms. The fourth-order valence-electron chi connectivity index (χ4n) is 5.44. The number of ether oxygens (including phenoxy) is 2. The molecule has 0 bridgehead atoms. The average Bonchev–Trinajstić information content (AvgIpc) is 3.13. The molecule has 2 aliphatic heterocycles. The highest BCUT2D eigenvalue weighted by Crippen LogP contribution is 2.53. The molecular formula is C28H43NO7. The quantitative estimate of drug-likeness (QED) is 0.446. The molecule has 2 N–H and O–H groups in total. The number of nitrogens with zero attached hydrogens (tertiary/aromatic N) is 1. The van der Waals surface area contributed by atoms with E-state index in [1.54, 1.807) is 26.8 Å². The van der Waals surface area contributed by atoms with Crippen LogP contribution in [0, 0.1) is 24.2 Å². The van der Waals surface area contributed by atoms with Crippen LogP contribution in [0.5, 0.6) is 0 Å². The van der Waals surface area contributed by atoms with Crippen molar-refractivity contribution in [2.45, 2.75) is 117 Å². The lowest BCUT2D eigenvalue weighted by atomic mass is 9.74. The lowest BCUT2D eigenvalue weighted by Gasteiger charge is -2.31. The zero-order valence-electron chi connectivity index (χ0n) is 22.8. The molecule has 2 fully saturated rings. The van der Waals surface area contributed by atoms with E-state index < -0.39 is 35.0 Å². The Labute approximate surface area is 214 Å². The maximum absolute atomic E-state index is 13.4. The van der Waals surface area contributed by atoms with Crippen molar-refractivity contribution in [3.8, 4) is 0 Å². The Balaban J connectivity index is 1.90. The van der Waals surface area contributed by atoms with Crippen molar-refractivity contribution >= 4 is 17.8 Å². The fraction of sp³-hybridized carbons (Fsp3) is 0.750. The molecule has 8 nitrogen and oxygen atoms in total. The number of hydrogen-bond donors (Lipinski definition) is 2. The van der Waals surface area contributed by atoms with E-state index >= 15 is 0 Å². The minimum absolute atomic E-state index is 0.0147. The lowest BCUT2D eigenvalue weighted by Crippen LogP contribution is -2.47. The summed E-state index contributed by atoms with van der Waals surface area (Å²) < 4.78 is 16.7. The Morgan fingerprint density at radius 2 is 1.94 bits per heavy atom. The van der Waals surface area contributed by atoms with Gasteiger partial charge in [0.1, 0.15) is 23.3 Å². The maximum atomic E-state index is 13.4. The number of oxazole rings is 1. The minimum Gasteiger partial charge on any atom is -0.455 e. The van der Waals surface area contributed by atoms with Gasteiger partial charge in [-0.1, -0.05) is 40.5 Å². The number of hydrogen-bond acceptors (Lipinski definition) is 8. The lowest BCUT2D eigenvalue weighted by molar-refractivity contribution is -0.165. The molecule has 3 heterocycles. The first-order valence-electron chi connectivity index (χ1n) is 13.2. The fourth-order valence-corrected chi connectivity index (χ4v) is 5.44. The minimum atomic E-state index is -1.84. The number of carbonyl (C=O) groups is 2. The van der Waals surface area contributed by atoms with Gasteiger partial charge in [-0.05, 0) is 57.1 Å². The topological polar surface area (TPSA) is 122 Å². The number of aliphatic hydroxyl groups is 2. The first-order valence-corrected chi connectivity index (χ1v) is 13.2. The average molecular weight is 506 g/mol. The molecule has 0 saturated carbocycles. The molecular weight excluding hydrogens is 462 g/mol. The number of esters is 1. The van der Waals surface area contributed by atoms with E-state index in [0.717, 1.165) is 25.7 Å². The highest BCUT2D eigenvalue weighted by molar-refractivity contribution is 5.86. The van der Waals surface area contributed by atoms with Crippen LogP contribution >= 0.6 is 0 Å². The second-order valence-electron chi connectivity index (χ2n) is 11.7. The SMILES string of the molecule is CCC1CC(C)CCCC2(C)OC2(O)C(O)C(C(C)=Cc2coc(C)n2)OC(=O)CCC(C)(C)C1=O. The number of aliphatic hydroxyl groups excluding tert-OH is 1. The van der Waals surface area contributed by atoms with Crippen molar-refractivity contribution in [3.63, 3.8) is 0 Å². The number of cyclic esters (lactones) is 1. The number of ketones is 1. The van der Waals surface area contributed by atoms with Crippen LogP contribution in [0.3, 0.4) is 0 Å². The Morgan fingerprint density at radius 1 is 1.25 bits per heavy atom. The summed E-state index contributed by atoms with van der Waals surface area (Å²) >= 11 is 0. The number of aryl methyl sites for hydroxylation is 1. The Hall–Kier alpha value is -2.03. The maximum Gasteiger partial charge on any atom is 0.306 e. The molecule has 2 saturated heterocycles. The molecule has 6 unspecified atom stereocenters. The number of carbonyl (C=O) groups excluding carboxylic acids is 2. The number of epoxide rings is 1. The van der Waals surface area contributed by atoms with Crippen molar-refractivity contribution in [1.29, 1.82) is 0 Å². The highest BCUT2D eigenvalue weighted by atomic mass is 16.8. The van der Waals surface area contributed by atoms with E-state index in [1.165, 1.54) is 6.26 Å². The van der Waals surface area contributed by atoms with Crippen molar-refractivity contribution in [1.82, 2.24) is 4.98 Å². The van der Waals surface area contributed by atoms with Crippen molar-refractivity contribution in [2.24, 2.45) is 17.3 Å². The van der Waals surface area contributed by atoms with E-state index in [2.05, 4.69) is 11.9 Å². The predicted octanol–water partition coefficient (Wildman–Crippen LogP) is 4.75. The van der Waals surface area contributed by atoms with Crippen LogP contribution in [0.4, 0.5) is 0 Å². The molecule has 1 aromatic rings. The van der Waals surface area contributed by atoms with Crippen molar-refractivity contribution in [3.05, 3.63) is 23.4 Å². The summed E-state index contributed by atoms with van der Waals surface area (Å²) in [5, 5.41) is 22.5. The van der Waals surface area contributed by atoms with Crippen LogP contribution in [0.15, 0.2) is 16.3 Å². The van der Waals surface area contributed by atoms with Crippen LogP contribution < -0.4 is 0 Å². The Morgan fingerprint density at radius 3 is 2.56 bits per heavy atom. The molecule has 0 radical (unpaired) electrons. The highest BCUT2D eigenvalue weighted by Gasteiger charge is 2.71. The van der Waals surface area contributed by atoms with Crippen molar-refractivity contribution < 1.29 is 33.7 Å². The van der Waals surface area contributed by atoms with E-state index in [9.17, 15) is 19.8 Å². The van der Waals surface area contributed by atoms with E-state index in [-0.39, 0.29) is 18.1 Å². The molecule has 8 heteroatoms. The second-order valence-corrected chi connectivity index (χ2v) is 11.7. The molecule has 0 amide bonds. The zero-order valence-corrected chi connectivity index (χ0v) is 22.8. The van der Waals surface area contributed by atoms with Crippen LogP contribution in [0.2, 0.25) is 0 Å². The number of rotatable bonds is 3. The third-order valence-electron chi connectivity index (χ3n) is 8.03. The van der Waals surface area contributed by atoms with Crippen molar-refractivity contribution in [2.75, 3.05) is 0 Å². The molecule has 202 valence electrons. The van der Waals surface area contributed by atoms with Crippen LogP contribution in [0.1, 0.15) is 98.1 Å². The molecule has 6 atom stereocenters. The van der Waals surface area contributed by atoms with E-state index in [4.69, 9.17) is 13.9 Å². The number of aromatic nitrogens is 1. The van der Waals surface area contributed by atoms with Gasteiger partial charge in [0.2, 0.25) is 5.79 Å². The normalized spacial score (nSPS) is 36.8. The van der Waals surface area contributed by atoms with Gasteiger partial charge in [0.25, 0.3) is 0 Å². The smallest absolute Gasteiger partial charge is 0.306 e. The summed E-state index contributed by atoms with van der Waals surface area (Å²) in [4.78, 5) is 30.6. The molecule has 0 aliphatic carbocycles. The van der Waals surface area contributed by atoms with E-state index in [0.29, 0.717) is 35.9 Å². The first kappa shape index (κ1) is 28.5. The molecule has 2 aliphatic rings. The molecule has 1 aromatic heterocycles. The molecule has 36 heavy (non-hydrogen) atoms. The van der Waals surface area contributed by atoms with Crippen LogP contribution in [-0.2, 0) is 19.1 Å². The standard InChI is InChI=1S/C28H43NO7/c1-8-20-14-17(2)10-9-12-27(7)28(33,36-27)25(32)23(18(3)15-21-16-34-19(4)29-21)35-22(30)11-13-26(5,6)24(20)31/h15-17,20,23,25,32-33H,8-14H2,1-7H3. The first-order chi connectivity index (χ1) is 16.7. The third kappa shape index (κ3) is 6.09. The van der Waals surface area contributed by atoms with Crippen LogP contribution in [0.25, 0.3) is 6.08 Å². The largest absolute Gasteiger partial charge is 0.455 e. The monoisotopic (exact) mass is 505 g/mol. The van der Waals surface area contributed by atoms with Crippen LogP contribution in [-0.4, -0.2) is 50.5 Å². The third-order valence-corrected chi connectivity index (χ3v) is 8.03. The second kappa shape index (κ2) is 10.8. The van der Waals surface area contributed by atoms with Gasteiger partial charge < -0.3 is 24.1 Å². The van der Waals surface area contributed by atoms with Gasteiger partial charge in [0.15, 0.2) is 18.1 Å². The van der Waals surface area contributed by atoms with Gasteiger partial charge in [0.05, 0.1) is 0 Å². The van der Waals surface area contributed by atoms with E-state index in [1.807, 2.05) is 20.8 Å². The number of Topliss-reactive ketones (excluding diaryl/α,β-unsaturated/α-hetero) is 1. The van der Waals surface area contributed by atoms with Gasteiger partial charge in [-0.25, -0.2) is 4.98 Å². The van der Waals surface area contributed by atoms with Gasteiger partial charge in [-0.15, -0.1) is 0 Å². The Kier molecular flexibility index (Phi) is 8.53. The van der Waals surface area contributed by atoms with Gasteiger partial charge in [-0.2, -0.15) is 0 Å². The summed E-state index contributed by atoms with van der Waals surface area (Å²) in [6.45, 7) is 13.1. The summed E-state index contributed by atoms with van der Waals surface area (Å²) in [6, 6.07) is 0. The Bertz CT molecular complexity index is 982. The summed E-state index contributed by atoms with van der Waals surface area (Å²) in [6.07, 6.45) is 4.56. The molecule has 0 aromatic carbocycles. The number of fused-ring (bicyclic) bond motifs is 1. The molecule has 3 rings (SSSR count). The van der Waals surface area contributed by atoms with Gasteiger partial charge in [-0.3, -0.25) is 9.59 Å². The summed E-state index contributed by atoms with van der Waals surface area (Å²) in [5.74, 6) is -1.46.